The molecule has 0 radical (unpaired) electrons. The zero-order chi connectivity index (χ0) is 13.8. The minimum atomic E-state index is -1.14. The molecule has 0 unspecified atom stereocenters. The van der Waals surface area contributed by atoms with Gasteiger partial charge in [0.1, 0.15) is 17.3 Å². The van der Waals surface area contributed by atoms with Gasteiger partial charge in [-0.15, -0.1) is 0 Å². The number of halogens is 2. The lowest BCUT2D eigenvalue weighted by atomic mass is 10.2. The fourth-order valence-electron chi connectivity index (χ4n) is 1.33. The van der Waals surface area contributed by atoms with Crippen molar-refractivity contribution < 1.29 is 18.7 Å². The van der Waals surface area contributed by atoms with Crippen LogP contribution in [-0.4, -0.2) is 16.1 Å². The van der Waals surface area contributed by atoms with Crippen LogP contribution < -0.4 is 0 Å². The van der Waals surface area contributed by atoms with Crippen molar-refractivity contribution in [2.45, 2.75) is 0 Å². The van der Waals surface area contributed by atoms with Gasteiger partial charge in [0.2, 0.25) is 0 Å². The van der Waals surface area contributed by atoms with E-state index in [1.807, 2.05) is 0 Å². The predicted molar refractivity (Wildman–Crippen MR) is 63.5 cm³/mol. The number of carboxylic acid groups (broad SMARTS) is 1. The zero-order valence-corrected chi connectivity index (χ0v) is 9.52. The summed E-state index contributed by atoms with van der Waals surface area (Å²) in [7, 11) is 0. The highest BCUT2D eigenvalue weighted by Crippen LogP contribution is 2.08. The van der Waals surface area contributed by atoms with E-state index in [2.05, 4.69) is 16.8 Å². The van der Waals surface area contributed by atoms with Crippen molar-refractivity contribution in [3.05, 3.63) is 65.0 Å². The lowest BCUT2D eigenvalue weighted by molar-refractivity contribution is 0.0690. The van der Waals surface area contributed by atoms with E-state index in [1.54, 1.807) is 0 Å². The Labute approximate surface area is 107 Å². The minimum Gasteiger partial charge on any atom is -0.477 e. The first-order valence-electron chi connectivity index (χ1n) is 5.22. The monoisotopic (exact) mass is 259 g/mol. The molecular weight excluding hydrogens is 252 g/mol. The van der Waals surface area contributed by atoms with Gasteiger partial charge >= 0.3 is 5.97 Å². The Morgan fingerprint density at radius 2 is 1.95 bits per heavy atom. The lowest BCUT2D eigenvalue weighted by Gasteiger charge is -1.95. The molecule has 19 heavy (non-hydrogen) atoms. The van der Waals surface area contributed by atoms with Crippen LogP contribution in [0.15, 0.2) is 36.5 Å². The molecule has 3 nitrogen and oxygen atoms in total. The molecule has 1 heterocycles. The van der Waals surface area contributed by atoms with E-state index in [9.17, 15) is 13.6 Å². The molecular formula is C14H7F2NO2. The maximum Gasteiger partial charge on any atom is 0.354 e. The van der Waals surface area contributed by atoms with Crippen molar-refractivity contribution in [1.82, 2.24) is 4.98 Å². The van der Waals surface area contributed by atoms with Crippen LogP contribution in [0, 0.1) is 23.5 Å². The molecule has 0 atom stereocenters. The summed E-state index contributed by atoms with van der Waals surface area (Å²) in [5.74, 6) is 2.71. The van der Waals surface area contributed by atoms with Gasteiger partial charge < -0.3 is 5.11 Å². The number of nitrogens with zero attached hydrogens (tertiary/aromatic N) is 1. The second-order valence-electron chi connectivity index (χ2n) is 3.61. The first-order chi connectivity index (χ1) is 9.06. The Kier molecular flexibility index (Phi) is 3.53. The summed E-state index contributed by atoms with van der Waals surface area (Å²) in [5.41, 5.74) is 0.235. The molecule has 1 aromatic heterocycles. The first-order valence-corrected chi connectivity index (χ1v) is 5.22. The summed E-state index contributed by atoms with van der Waals surface area (Å²) in [5, 5.41) is 8.66. The molecule has 0 bridgehead atoms. The zero-order valence-electron chi connectivity index (χ0n) is 9.52. The number of carbonyl (C=O) groups is 1. The van der Waals surface area contributed by atoms with Crippen LogP contribution in [0.4, 0.5) is 8.78 Å². The third-order valence-electron chi connectivity index (χ3n) is 2.25. The van der Waals surface area contributed by atoms with Gasteiger partial charge in [-0.3, -0.25) is 0 Å². The Morgan fingerprint density at radius 3 is 2.58 bits per heavy atom. The van der Waals surface area contributed by atoms with Crippen LogP contribution in [0.1, 0.15) is 21.6 Å². The fourth-order valence-corrected chi connectivity index (χ4v) is 1.33. The number of hydrogen-bond acceptors (Lipinski definition) is 2. The number of hydrogen-bond donors (Lipinski definition) is 1. The van der Waals surface area contributed by atoms with Gasteiger partial charge in [-0.25, -0.2) is 18.6 Å². The van der Waals surface area contributed by atoms with Crippen LogP contribution in [0.3, 0.4) is 0 Å². The van der Waals surface area contributed by atoms with Crippen LogP contribution >= 0.6 is 0 Å². The summed E-state index contributed by atoms with van der Waals surface area (Å²) < 4.78 is 26.2. The Morgan fingerprint density at radius 1 is 1.16 bits per heavy atom. The molecule has 0 aliphatic carbocycles. The summed E-state index contributed by atoms with van der Waals surface area (Å²) in [6.45, 7) is 0. The van der Waals surface area contributed by atoms with E-state index in [4.69, 9.17) is 5.11 Å². The molecule has 2 aromatic rings. The summed E-state index contributed by atoms with van der Waals surface area (Å²) in [4.78, 5) is 14.2. The second-order valence-corrected chi connectivity index (χ2v) is 3.61. The highest BCUT2D eigenvalue weighted by atomic mass is 19.1. The number of carboxylic acids is 1. The fraction of sp³-hybridized carbons (Fsp3) is 0. The van der Waals surface area contributed by atoms with Crippen molar-refractivity contribution in [3.8, 4) is 11.8 Å². The lowest BCUT2D eigenvalue weighted by Crippen LogP contribution is -1.99. The highest BCUT2D eigenvalue weighted by Gasteiger charge is 2.03. The van der Waals surface area contributed by atoms with E-state index >= 15 is 0 Å². The first kappa shape index (κ1) is 12.7. The third kappa shape index (κ3) is 3.13. The largest absolute Gasteiger partial charge is 0.477 e. The van der Waals surface area contributed by atoms with Crippen molar-refractivity contribution in [2.75, 3.05) is 0 Å². The van der Waals surface area contributed by atoms with E-state index in [0.29, 0.717) is 5.56 Å². The molecule has 94 valence electrons. The van der Waals surface area contributed by atoms with Crippen molar-refractivity contribution in [2.24, 2.45) is 0 Å². The predicted octanol–water partition coefficient (Wildman–Crippen LogP) is 2.46. The Balaban J connectivity index is 2.28. The molecule has 0 spiro atoms. The Bertz CT molecular complexity index is 685. The summed E-state index contributed by atoms with van der Waals surface area (Å²) in [6.07, 6.45) is 1.26. The van der Waals surface area contributed by atoms with Gasteiger partial charge in [0.05, 0.1) is 5.56 Å². The average molecular weight is 259 g/mol. The molecule has 1 aromatic carbocycles. The average Bonchev–Trinajstić information content (AvgIpc) is 2.40. The quantitative estimate of drug-likeness (QED) is 0.800. The minimum absolute atomic E-state index is 0.0673. The highest BCUT2D eigenvalue weighted by molar-refractivity contribution is 5.85. The van der Waals surface area contributed by atoms with Crippen molar-refractivity contribution >= 4 is 5.97 Å². The number of benzene rings is 1. The van der Waals surface area contributed by atoms with E-state index in [0.717, 1.165) is 18.2 Å². The molecule has 5 heteroatoms. The normalized spacial score (nSPS) is 9.58. The van der Waals surface area contributed by atoms with Gasteiger partial charge in [0, 0.05) is 11.8 Å². The molecule has 1 N–H and O–H groups in total. The molecule has 0 fully saturated rings. The van der Waals surface area contributed by atoms with Gasteiger partial charge in [-0.2, -0.15) is 0 Å². The maximum absolute atomic E-state index is 13.3. The number of pyridine rings is 1. The van der Waals surface area contributed by atoms with Gasteiger partial charge in [0.25, 0.3) is 0 Å². The smallest absolute Gasteiger partial charge is 0.354 e. The maximum atomic E-state index is 13.3. The molecule has 0 saturated carbocycles. The van der Waals surface area contributed by atoms with Crippen LogP contribution in [0.2, 0.25) is 0 Å². The van der Waals surface area contributed by atoms with E-state index in [1.165, 1.54) is 18.3 Å². The van der Waals surface area contributed by atoms with Crippen LogP contribution in [-0.2, 0) is 0 Å². The van der Waals surface area contributed by atoms with Gasteiger partial charge in [-0.1, -0.05) is 11.8 Å². The molecule has 0 aliphatic rings. The topological polar surface area (TPSA) is 50.2 Å². The summed E-state index contributed by atoms with van der Waals surface area (Å²) >= 11 is 0. The Hall–Kier alpha value is -2.74. The number of aromatic carboxylic acids is 1. The van der Waals surface area contributed by atoms with Crippen LogP contribution in [0.25, 0.3) is 0 Å². The standard InChI is InChI=1S/C14H7F2NO2/c15-11-4-5-12(16)10(7-11)3-1-9-2-6-13(14(18)19)17-8-9/h2,4-8H,(H,18,19). The SMILES string of the molecule is O=C(O)c1ccc(C#Cc2cc(F)ccc2F)cn1. The van der Waals surface area contributed by atoms with Crippen molar-refractivity contribution in [3.63, 3.8) is 0 Å². The van der Waals surface area contributed by atoms with Gasteiger partial charge in [0.15, 0.2) is 0 Å². The van der Waals surface area contributed by atoms with E-state index in [-0.39, 0.29) is 11.3 Å². The third-order valence-corrected chi connectivity index (χ3v) is 2.25. The number of rotatable bonds is 1. The number of aromatic nitrogens is 1. The van der Waals surface area contributed by atoms with E-state index < -0.39 is 17.6 Å². The second kappa shape index (κ2) is 5.27. The molecule has 0 saturated heterocycles. The summed E-state index contributed by atoms with van der Waals surface area (Å²) in [6, 6.07) is 5.71. The molecule has 0 amide bonds. The molecule has 0 aliphatic heterocycles. The molecule has 2 rings (SSSR count). The van der Waals surface area contributed by atoms with Crippen LogP contribution in [0.5, 0.6) is 0 Å². The van der Waals surface area contributed by atoms with Gasteiger partial charge in [-0.05, 0) is 30.3 Å². The van der Waals surface area contributed by atoms with Crippen molar-refractivity contribution in [1.29, 1.82) is 0 Å².